The number of anilines is 1. The molecular weight excluding hydrogens is 384 g/mol. The van der Waals surface area contributed by atoms with Crippen LogP contribution in [0.1, 0.15) is 63.1 Å². The molecule has 4 rings (SSSR count). The first-order valence-corrected chi connectivity index (χ1v) is 10.1. The SMILES string of the molecule is COCCOC(=O)c1c(C)[nH]c(C(=O)Nc2ccc3nc(C4CCC4)[nH]c3c2)c1C. The van der Waals surface area contributed by atoms with Crippen molar-refractivity contribution < 1.29 is 19.1 Å². The normalized spacial score (nSPS) is 14.0. The highest BCUT2D eigenvalue weighted by Gasteiger charge is 2.24. The largest absolute Gasteiger partial charge is 0.460 e. The number of esters is 1. The first-order valence-electron chi connectivity index (χ1n) is 10.1. The number of hydrogen-bond donors (Lipinski definition) is 3. The number of ether oxygens (including phenoxy) is 2. The minimum Gasteiger partial charge on any atom is -0.460 e. The Kier molecular flexibility index (Phi) is 5.59. The van der Waals surface area contributed by atoms with Crippen molar-refractivity contribution >= 4 is 28.6 Å². The van der Waals surface area contributed by atoms with Gasteiger partial charge in [-0.25, -0.2) is 9.78 Å². The lowest BCUT2D eigenvalue weighted by molar-refractivity contribution is 0.0387. The standard InChI is InChI=1S/C22H26N4O4/c1-12-18(22(28)30-10-9-29-3)13(2)23-19(12)21(27)24-15-7-8-16-17(11-15)26-20(25-16)14-5-4-6-14/h7-8,11,14,23H,4-6,9-10H2,1-3H3,(H,24,27)(H,25,26). The highest BCUT2D eigenvalue weighted by molar-refractivity contribution is 6.07. The minimum atomic E-state index is -0.472. The molecule has 2 heterocycles. The van der Waals surface area contributed by atoms with E-state index in [4.69, 9.17) is 9.47 Å². The van der Waals surface area contributed by atoms with Crippen LogP contribution in [0, 0.1) is 13.8 Å². The number of benzene rings is 1. The van der Waals surface area contributed by atoms with E-state index >= 15 is 0 Å². The summed E-state index contributed by atoms with van der Waals surface area (Å²) in [6, 6.07) is 5.61. The maximum atomic E-state index is 12.8. The van der Waals surface area contributed by atoms with Gasteiger partial charge in [-0.2, -0.15) is 0 Å². The molecule has 8 nitrogen and oxygen atoms in total. The van der Waals surface area contributed by atoms with Crippen molar-refractivity contribution in [2.75, 3.05) is 25.6 Å². The van der Waals surface area contributed by atoms with E-state index in [1.807, 2.05) is 18.2 Å². The Hall–Kier alpha value is -3.13. The number of amides is 1. The fourth-order valence-corrected chi connectivity index (χ4v) is 3.75. The van der Waals surface area contributed by atoms with Gasteiger partial charge in [-0.3, -0.25) is 4.79 Å². The maximum absolute atomic E-state index is 12.8. The van der Waals surface area contributed by atoms with Gasteiger partial charge in [0.1, 0.15) is 18.1 Å². The third kappa shape index (κ3) is 3.82. The number of carbonyl (C=O) groups is 2. The Morgan fingerprint density at radius 3 is 2.70 bits per heavy atom. The molecule has 0 atom stereocenters. The van der Waals surface area contributed by atoms with Crippen LogP contribution in [0.5, 0.6) is 0 Å². The fourth-order valence-electron chi connectivity index (χ4n) is 3.75. The summed E-state index contributed by atoms with van der Waals surface area (Å²) >= 11 is 0. The number of aromatic amines is 2. The van der Waals surface area contributed by atoms with Gasteiger partial charge in [-0.05, 0) is 50.5 Å². The topological polar surface area (TPSA) is 109 Å². The van der Waals surface area contributed by atoms with E-state index in [9.17, 15) is 9.59 Å². The summed E-state index contributed by atoms with van der Waals surface area (Å²) < 4.78 is 10.1. The molecule has 1 aliphatic rings. The second-order valence-corrected chi connectivity index (χ2v) is 7.69. The number of aromatic nitrogens is 3. The van der Waals surface area contributed by atoms with E-state index in [1.165, 1.54) is 26.4 Å². The summed E-state index contributed by atoms with van der Waals surface area (Å²) in [4.78, 5) is 36.2. The highest BCUT2D eigenvalue weighted by Crippen LogP contribution is 2.35. The van der Waals surface area contributed by atoms with Gasteiger partial charge in [0.2, 0.25) is 0 Å². The number of imidazole rings is 1. The van der Waals surface area contributed by atoms with Crippen LogP contribution in [0.4, 0.5) is 5.69 Å². The van der Waals surface area contributed by atoms with E-state index in [-0.39, 0.29) is 12.5 Å². The van der Waals surface area contributed by atoms with Crippen LogP contribution in [0.25, 0.3) is 11.0 Å². The molecule has 3 aromatic rings. The third-order valence-corrected chi connectivity index (χ3v) is 5.64. The van der Waals surface area contributed by atoms with Crippen LogP contribution < -0.4 is 5.32 Å². The molecule has 158 valence electrons. The lowest BCUT2D eigenvalue weighted by Gasteiger charge is -2.22. The van der Waals surface area contributed by atoms with Gasteiger partial charge in [0, 0.05) is 24.4 Å². The van der Waals surface area contributed by atoms with Crippen LogP contribution in [-0.2, 0) is 9.47 Å². The molecule has 0 radical (unpaired) electrons. The van der Waals surface area contributed by atoms with Crippen molar-refractivity contribution in [3.05, 3.63) is 46.5 Å². The van der Waals surface area contributed by atoms with Crippen molar-refractivity contribution in [3.63, 3.8) is 0 Å². The van der Waals surface area contributed by atoms with Gasteiger partial charge in [0.25, 0.3) is 5.91 Å². The molecule has 3 N–H and O–H groups in total. The number of hydrogen-bond acceptors (Lipinski definition) is 5. The molecule has 1 aromatic carbocycles. The number of rotatable bonds is 7. The minimum absolute atomic E-state index is 0.161. The second-order valence-electron chi connectivity index (χ2n) is 7.69. The van der Waals surface area contributed by atoms with Crippen LogP contribution in [0.15, 0.2) is 18.2 Å². The Labute approximate surface area is 174 Å². The van der Waals surface area contributed by atoms with Crippen molar-refractivity contribution in [3.8, 4) is 0 Å². The van der Waals surface area contributed by atoms with Gasteiger partial charge in [0.05, 0.1) is 23.2 Å². The summed E-state index contributed by atoms with van der Waals surface area (Å²) in [7, 11) is 1.54. The molecule has 0 aliphatic heterocycles. The molecule has 1 amide bonds. The third-order valence-electron chi connectivity index (χ3n) is 5.64. The Bertz CT molecular complexity index is 1090. The van der Waals surface area contributed by atoms with E-state index in [0.29, 0.717) is 40.7 Å². The van der Waals surface area contributed by atoms with Crippen LogP contribution in [-0.4, -0.2) is 47.2 Å². The molecule has 1 saturated carbocycles. The molecule has 30 heavy (non-hydrogen) atoms. The molecule has 0 bridgehead atoms. The predicted octanol–water partition coefficient (Wildman–Crippen LogP) is 3.83. The molecular formula is C22H26N4O4. The zero-order valence-corrected chi connectivity index (χ0v) is 17.4. The molecule has 0 spiro atoms. The number of H-pyrrole nitrogens is 2. The Morgan fingerprint density at radius 2 is 2.00 bits per heavy atom. The molecule has 2 aromatic heterocycles. The summed E-state index contributed by atoms with van der Waals surface area (Å²) in [5, 5.41) is 2.90. The van der Waals surface area contributed by atoms with Crippen LogP contribution in [0.2, 0.25) is 0 Å². The van der Waals surface area contributed by atoms with Crippen molar-refractivity contribution in [1.82, 2.24) is 15.0 Å². The van der Waals surface area contributed by atoms with Crippen LogP contribution in [0.3, 0.4) is 0 Å². The first-order chi connectivity index (χ1) is 14.5. The quantitative estimate of drug-likeness (QED) is 0.405. The highest BCUT2D eigenvalue weighted by atomic mass is 16.6. The Balaban J connectivity index is 1.50. The monoisotopic (exact) mass is 410 g/mol. The summed E-state index contributed by atoms with van der Waals surface area (Å²) in [5.74, 6) is 0.749. The van der Waals surface area contributed by atoms with E-state index < -0.39 is 5.97 Å². The predicted molar refractivity (Wildman–Crippen MR) is 113 cm³/mol. The number of methoxy groups -OCH3 is 1. The maximum Gasteiger partial charge on any atom is 0.340 e. The lowest BCUT2D eigenvalue weighted by atomic mass is 9.85. The molecule has 0 saturated heterocycles. The number of nitrogens with one attached hydrogen (secondary N) is 3. The molecule has 8 heteroatoms. The summed E-state index contributed by atoms with van der Waals surface area (Å²) in [6.45, 7) is 3.96. The Morgan fingerprint density at radius 1 is 1.20 bits per heavy atom. The zero-order chi connectivity index (χ0) is 21.3. The number of aryl methyl sites for hydroxylation is 1. The lowest BCUT2D eigenvalue weighted by Crippen LogP contribution is -2.14. The molecule has 1 fully saturated rings. The first kappa shape index (κ1) is 20.2. The van der Waals surface area contributed by atoms with Gasteiger partial charge in [-0.15, -0.1) is 0 Å². The molecule has 1 aliphatic carbocycles. The van der Waals surface area contributed by atoms with Crippen molar-refractivity contribution in [1.29, 1.82) is 0 Å². The number of nitrogens with zero attached hydrogens (tertiary/aromatic N) is 1. The molecule has 0 unspecified atom stereocenters. The van der Waals surface area contributed by atoms with Gasteiger partial charge in [-0.1, -0.05) is 6.42 Å². The van der Waals surface area contributed by atoms with E-state index in [2.05, 4.69) is 20.3 Å². The smallest absolute Gasteiger partial charge is 0.340 e. The average Bonchev–Trinajstić information content (AvgIpc) is 3.20. The van der Waals surface area contributed by atoms with Gasteiger partial charge in [0.15, 0.2) is 0 Å². The zero-order valence-electron chi connectivity index (χ0n) is 17.4. The summed E-state index contributed by atoms with van der Waals surface area (Å²) in [5.41, 5.74) is 4.32. The number of fused-ring (bicyclic) bond motifs is 1. The second kappa shape index (κ2) is 8.31. The van der Waals surface area contributed by atoms with Gasteiger partial charge < -0.3 is 24.8 Å². The van der Waals surface area contributed by atoms with E-state index in [0.717, 1.165) is 16.9 Å². The van der Waals surface area contributed by atoms with Crippen LogP contribution >= 0.6 is 0 Å². The fraction of sp³-hybridized carbons (Fsp3) is 0.409. The van der Waals surface area contributed by atoms with Crippen molar-refractivity contribution in [2.45, 2.75) is 39.0 Å². The summed E-state index contributed by atoms with van der Waals surface area (Å²) in [6.07, 6.45) is 3.59. The van der Waals surface area contributed by atoms with Crippen molar-refractivity contribution in [2.24, 2.45) is 0 Å². The number of carbonyl (C=O) groups excluding carboxylic acids is 2. The van der Waals surface area contributed by atoms with E-state index in [1.54, 1.807) is 13.8 Å². The average molecular weight is 410 g/mol. The van der Waals surface area contributed by atoms with Gasteiger partial charge >= 0.3 is 5.97 Å².